The Balaban J connectivity index is 1.46. The standard InChI is InChI=1S/C17H19F3N8/c1-10-24-13(17(18,19)20)7-14(25-10)28-5-3-11(4-6-28)26-15-12-8-23-27(2)16(12)22-9-21-15/h7-9,11H,3-6H2,1-2H3,(H,21,22,26). The third kappa shape index (κ3) is 3.56. The van der Waals surface area contributed by atoms with Crippen molar-refractivity contribution in [3.8, 4) is 0 Å². The second kappa shape index (κ2) is 6.88. The number of halogens is 3. The van der Waals surface area contributed by atoms with Gasteiger partial charge >= 0.3 is 6.18 Å². The summed E-state index contributed by atoms with van der Waals surface area (Å²) in [6, 6.07) is 1.17. The monoisotopic (exact) mass is 392 g/mol. The number of aromatic nitrogens is 6. The summed E-state index contributed by atoms with van der Waals surface area (Å²) in [7, 11) is 1.82. The molecule has 4 heterocycles. The van der Waals surface area contributed by atoms with E-state index in [4.69, 9.17) is 0 Å². The number of nitrogens with one attached hydrogen (secondary N) is 1. The summed E-state index contributed by atoms with van der Waals surface area (Å²) in [6.07, 6.45) is 0.218. The van der Waals surface area contributed by atoms with Crippen LogP contribution in [0.25, 0.3) is 11.0 Å². The van der Waals surface area contributed by atoms with Gasteiger partial charge in [-0.3, -0.25) is 4.68 Å². The Hall–Kier alpha value is -2.98. The van der Waals surface area contributed by atoms with E-state index < -0.39 is 11.9 Å². The van der Waals surface area contributed by atoms with E-state index in [2.05, 4.69) is 30.4 Å². The molecule has 0 radical (unpaired) electrons. The number of piperidine rings is 1. The minimum atomic E-state index is -4.48. The van der Waals surface area contributed by atoms with Gasteiger partial charge in [0.05, 0.1) is 11.6 Å². The van der Waals surface area contributed by atoms with Gasteiger partial charge in [0.1, 0.15) is 29.5 Å². The number of hydrogen-bond donors (Lipinski definition) is 1. The zero-order valence-corrected chi connectivity index (χ0v) is 15.4. The summed E-state index contributed by atoms with van der Waals surface area (Å²) in [5, 5.41) is 8.45. The minimum absolute atomic E-state index is 0.116. The molecule has 0 spiro atoms. The summed E-state index contributed by atoms with van der Waals surface area (Å²) < 4.78 is 40.7. The highest BCUT2D eigenvalue weighted by atomic mass is 19.4. The summed E-state index contributed by atoms with van der Waals surface area (Å²) >= 11 is 0. The van der Waals surface area contributed by atoms with Crippen molar-refractivity contribution in [1.82, 2.24) is 29.7 Å². The van der Waals surface area contributed by atoms with Gasteiger partial charge in [-0.1, -0.05) is 0 Å². The van der Waals surface area contributed by atoms with Gasteiger partial charge < -0.3 is 10.2 Å². The third-order valence-corrected chi connectivity index (χ3v) is 4.80. The third-order valence-electron chi connectivity index (χ3n) is 4.80. The second-order valence-corrected chi connectivity index (χ2v) is 6.79. The smallest absolute Gasteiger partial charge is 0.366 e. The molecule has 1 N–H and O–H groups in total. The van der Waals surface area contributed by atoms with Crippen molar-refractivity contribution in [3.63, 3.8) is 0 Å². The van der Waals surface area contributed by atoms with Crippen LogP contribution in [-0.2, 0) is 13.2 Å². The summed E-state index contributed by atoms with van der Waals surface area (Å²) in [5.74, 6) is 1.15. The van der Waals surface area contributed by atoms with E-state index in [-0.39, 0.29) is 11.9 Å². The predicted octanol–water partition coefficient (Wildman–Crippen LogP) is 2.56. The SMILES string of the molecule is Cc1nc(N2CCC(Nc3ncnc4c3cnn4C)CC2)cc(C(F)(F)F)n1. The van der Waals surface area contributed by atoms with Crippen LogP contribution >= 0.6 is 0 Å². The summed E-state index contributed by atoms with van der Waals surface area (Å²) in [4.78, 5) is 18.1. The first-order chi connectivity index (χ1) is 13.3. The summed E-state index contributed by atoms with van der Waals surface area (Å²) in [5.41, 5.74) is -0.165. The lowest BCUT2D eigenvalue weighted by Gasteiger charge is -2.33. The van der Waals surface area contributed by atoms with Crippen molar-refractivity contribution in [2.24, 2.45) is 7.05 Å². The molecular formula is C17H19F3N8. The van der Waals surface area contributed by atoms with Crippen molar-refractivity contribution < 1.29 is 13.2 Å². The topological polar surface area (TPSA) is 84.7 Å². The number of hydrogen-bond acceptors (Lipinski definition) is 7. The minimum Gasteiger partial charge on any atom is -0.366 e. The van der Waals surface area contributed by atoms with Gasteiger partial charge in [0.25, 0.3) is 0 Å². The van der Waals surface area contributed by atoms with Crippen LogP contribution < -0.4 is 10.2 Å². The van der Waals surface area contributed by atoms with E-state index in [1.54, 1.807) is 10.9 Å². The molecule has 0 unspecified atom stereocenters. The number of aryl methyl sites for hydroxylation is 2. The molecule has 0 aromatic carbocycles. The largest absolute Gasteiger partial charge is 0.433 e. The molecule has 3 aromatic heterocycles. The Morgan fingerprint density at radius 3 is 2.61 bits per heavy atom. The van der Waals surface area contributed by atoms with Gasteiger partial charge in [0.15, 0.2) is 5.65 Å². The van der Waals surface area contributed by atoms with Gasteiger partial charge in [-0.05, 0) is 19.8 Å². The van der Waals surface area contributed by atoms with Crippen LogP contribution in [0.15, 0.2) is 18.6 Å². The Morgan fingerprint density at radius 2 is 1.89 bits per heavy atom. The molecule has 0 bridgehead atoms. The second-order valence-electron chi connectivity index (χ2n) is 6.79. The van der Waals surface area contributed by atoms with Crippen molar-refractivity contribution >= 4 is 22.7 Å². The van der Waals surface area contributed by atoms with Crippen LogP contribution in [0.3, 0.4) is 0 Å². The molecular weight excluding hydrogens is 373 g/mol. The van der Waals surface area contributed by atoms with E-state index in [1.165, 1.54) is 13.3 Å². The molecule has 3 aromatic rings. The molecule has 0 aliphatic carbocycles. The fourth-order valence-electron chi connectivity index (χ4n) is 3.38. The molecule has 28 heavy (non-hydrogen) atoms. The maximum atomic E-state index is 13.0. The van der Waals surface area contributed by atoms with Crippen molar-refractivity contribution in [1.29, 1.82) is 0 Å². The van der Waals surface area contributed by atoms with Crippen LogP contribution in [0.1, 0.15) is 24.4 Å². The molecule has 1 fully saturated rings. The first-order valence-corrected chi connectivity index (χ1v) is 8.88. The highest BCUT2D eigenvalue weighted by Gasteiger charge is 2.34. The normalized spacial score (nSPS) is 16.0. The number of fused-ring (bicyclic) bond motifs is 1. The molecule has 1 aliphatic rings. The van der Waals surface area contributed by atoms with E-state index in [1.807, 2.05) is 11.9 Å². The zero-order chi connectivity index (χ0) is 19.9. The van der Waals surface area contributed by atoms with Gasteiger partial charge in [0.2, 0.25) is 0 Å². The van der Waals surface area contributed by atoms with E-state index in [0.29, 0.717) is 24.7 Å². The molecule has 0 amide bonds. The Labute approximate surface area is 158 Å². The number of rotatable bonds is 3. The van der Waals surface area contributed by atoms with Crippen LogP contribution in [-0.4, -0.2) is 48.8 Å². The average Bonchev–Trinajstić information content (AvgIpc) is 3.03. The van der Waals surface area contributed by atoms with Crippen LogP contribution in [0.2, 0.25) is 0 Å². The molecule has 8 nitrogen and oxygen atoms in total. The summed E-state index contributed by atoms with van der Waals surface area (Å²) in [6.45, 7) is 2.65. The molecule has 148 valence electrons. The number of nitrogens with zero attached hydrogens (tertiary/aromatic N) is 7. The Morgan fingerprint density at radius 1 is 1.14 bits per heavy atom. The first kappa shape index (κ1) is 18.4. The Bertz CT molecular complexity index is 992. The fraction of sp³-hybridized carbons (Fsp3) is 0.471. The fourth-order valence-corrected chi connectivity index (χ4v) is 3.38. The lowest BCUT2D eigenvalue weighted by Crippen LogP contribution is -2.40. The van der Waals surface area contributed by atoms with Crippen molar-refractivity contribution in [3.05, 3.63) is 30.1 Å². The van der Waals surface area contributed by atoms with Gasteiger partial charge in [-0.2, -0.15) is 18.3 Å². The average molecular weight is 392 g/mol. The molecule has 0 saturated carbocycles. The highest BCUT2D eigenvalue weighted by Crippen LogP contribution is 2.30. The highest BCUT2D eigenvalue weighted by molar-refractivity contribution is 5.86. The maximum absolute atomic E-state index is 13.0. The maximum Gasteiger partial charge on any atom is 0.433 e. The van der Waals surface area contributed by atoms with Gasteiger partial charge in [0, 0.05) is 32.2 Å². The predicted molar refractivity (Wildman–Crippen MR) is 96.9 cm³/mol. The van der Waals surface area contributed by atoms with Gasteiger partial charge in [-0.15, -0.1) is 0 Å². The molecule has 1 saturated heterocycles. The zero-order valence-electron chi connectivity index (χ0n) is 15.4. The van der Waals surface area contributed by atoms with Crippen molar-refractivity contribution in [2.45, 2.75) is 32.0 Å². The van der Waals surface area contributed by atoms with Crippen LogP contribution in [0.4, 0.5) is 24.8 Å². The number of anilines is 2. The molecule has 0 atom stereocenters. The molecule has 11 heteroatoms. The molecule has 1 aliphatic heterocycles. The Kier molecular flexibility index (Phi) is 4.52. The van der Waals surface area contributed by atoms with Crippen molar-refractivity contribution in [2.75, 3.05) is 23.3 Å². The lowest BCUT2D eigenvalue weighted by molar-refractivity contribution is -0.141. The number of alkyl halides is 3. The van der Waals surface area contributed by atoms with Gasteiger partial charge in [-0.25, -0.2) is 19.9 Å². The first-order valence-electron chi connectivity index (χ1n) is 8.88. The molecule has 4 rings (SSSR count). The lowest BCUT2D eigenvalue weighted by atomic mass is 10.0. The van der Waals surface area contributed by atoms with E-state index >= 15 is 0 Å². The van der Waals surface area contributed by atoms with E-state index in [9.17, 15) is 13.2 Å². The van der Waals surface area contributed by atoms with Crippen LogP contribution in [0, 0.1) is 6.92 Å². The van der Waals surface area contributed by atoms with E-state index in [0.717, 1.165) is 29.9 Å². The van der Waals surface area contributed by atoms with Crippen LogP contribution in [0.5, 0.6) is 0 Å². The quantitative estimate of drug-likeness (QED) is 0.733.